The molecule has 8 heteroatoms. The van der Waals surface area contributed by atoms with Gasteiger partial charge in [-0.1, -0.05) is 12.2 Å². The average molecular weight is 367 g/mol. The number of rotatable bonds is 7. The number of hydrogen-bond donors (Lipinski definition) is 3. The van der Waals surface area contributed by atoms with Gasteiger partial charge in [-0.2, -0.15) is 0 Å². The van der Waals surface area contributed by atoms with Crippen LogP contribution in [0.5, 0.6) is 0 Å². The Morgan fingerprint density at radius 2 is 1.88 bits per heavy atom. The Kier molecular flexibility index (Phi) is 7.01. The highest BCUT2D eigenvalue weighted by molar-refractivity contribution is 5.79. The molecular weight excluding hydrogens is 338 g/mol. The number of amides is 2. The van der Waals surface area contributed by atoms with Crippen LogP contribution in [0.4, 0.5) is 0 Å². The zero-order valence-electron chi connectivity index (χ0n) is 15.1. The van der Waals surface area contributed by atoms with Crippen molar-refractivity contribution in [3.05, 3.63) is 12.2 Å². The second-order valence-electron chi connectivity index (χ2n) is 7.16. The molecule has 2 amide bonds. The predicted octanol–water partition coefficient (Wildman–Crippen LogP) is -0.822. The maximum atomic E-state index is 12.2. The number of aliphatic hydroxyl groups excluding tert-OH is 1. The third-order valence-electron chi connectivity index (χ3n) is 5.12. The molecule has 1 saturated carbocycles. The Balaban J connectivity index is 1.45. The van der Waals surface area contributed by atoms with Crippen LogP contribution in [-0.2, 0) is 19.1 Å². The van der Waals surface area contributed by atoms with Crippen molar-refractivity contribution in [2.24, 2.45) is 0 Å². The fourth-order valence-corrected chi connectivity index (χ4v) is 3.35. The molecule has 2 heterocycles. The van der Waals surface area contributed by atoms with Gasteiger partial charge in [-0.05, 0) is 19.3 Å². The highest BCUT2D eigenvalue weighted by Gasteiger charge is 2.30. The van der Waals surface area contributed by atoms with Gasteiger partial charge in [0.1, 0.15) is 6.10 Å². The lowest BCUT2D eigenvalue weighted by molar-refractivity contribution is -0.129. The van der Waals surface area contributed by atoms with Crippen molar-refractivity contribution >= 4 is 11.8 Å². The number of nitrogens with one attached hydrogen (secondary N) is 2. The fraction of sp³-hybridized carbons (Fsp3) is 0.778. The third kappa shape index (κ3) is 5.51. The van der Waals surface area contributed by atoms with Crippen molar-refractivity contribution < 1.29 is 24.2 Å². The van der Waals surface area contributed by atoms with Crippen LogP contribution < -0.4 is 10.6 Å². The van der Waals surface area contributed by atoms with E-state index >= 15 is 0 Å². The zero-order valence-corrected chi connectivity index (χ0v) is 15.1. The van der Waals surface area contributed by atoms with Crippen LogP contribution in [0.3, 0.4) is 0 Å². The third-order valence-corrected chi connectivity index (χ3v) is 5.12. The Morgan fingerprint density at radius 3 is 2.54 bits per heavy atom. The zero-order chi connectivity index (χ0) is 18.4. The monoisotopic (exact) mass is 367 g/mol. The van der Waals surface area contributed by atoms with Crippen molar-refractivity contribution in [3.63, 3.8) is 0 Å². The van der Waals surface area contributed by atoms with Crippen molar-refractivity contribution in [1.29, 1.82) is 0 Å². The Hall–Kier alpha value is -1.48. The first-order valence-corrected chi connectivity index (χ1v) is 9.47. The molecule has 8 nitrogen and oxygen atoms in total. The highest BCUT2D eigenvalue weighted by atomic mass is 16.5. The molecule has 3 atom stereocenters. The van der Waals surface area contributed by atoms with E-state index in [0.29, 0.717) is 25.8 Å². The van der Waals surface area contributed by atoms with Crippen LogP contribution in [0.1, 0.15) is 25.7 Å². The van der Waals surface area contributed by atoms with Gasteiger partial charge in [-0.15, -0.1) is 0 Å². The molecule has 146 valence electrons. The number of nitrogens with zero attached hydrogens (tertiary/aromatic N) is 1. The largest absolute Gasteiger partial charge is 0.394 e. The number of aliphatic hydroxyl groups is 1. The lowest BCUT2D eigenvalue weighted by atomic mass is 9.93. The van der Waals surface area contributed by atoms with E-state index in [2.05, 4.69) is 10.6 Å². The lowest BCUT2D eigenvalue weighted by Gasteiger charge is -2.33. The van der Waals surface area contributed by atoms with E-state index in [1.54, 1.807) is 6.08 Å². The number of ether oxygens (including phenoxy) is 2. The fourth-order valence-electron chi connectivity index (χ4n) is 3.35. The van der Waals surface area contributed by atoms with E-state index in [4.69, 9.17) is 9.47 Å². The summed E-state index contributed by atoms with van der Waals surface area (Å²) in [6.07, 6.45) is 6.19. The van der Waals surface area contributed by atoms with Crippen molar-refractivity contribution in [2.45, 2.75) is 50.0 Å². The van der Waals surface area contributed by atoms with E-state index in [1.165, 1.54) is 6.42 Å². The molecule has 26 heavy (non-hydrogen) atoms. The van der Waals surface area contributed by atoms with Crippen LogP contribution in [0, 0.1) is 0 Å². The smallest absolute Gasteiger partial charge is 0.234 e. The molecular formula is C18H29N3O5. The van der Waals surface area contributed by atoms with Gasteiger partial charge in [0.05, 0.1) is 44.9 Å². The van der Waals surface area contributed by atoms with Gasteiger partial charge in [0.25, 0.3) is 0 Å². The maximum absolute atomic E-state index is 12.2. The van der Waals surface area contributed by atoms with E-state index in [0.717, 1.165) is 25.9 Å². The van der Waals surface area contributed by atoms with Gasteiger partial charge in [0, 0.05) is 19.1 Å². The molecule has 0 unspecified atom stereocenters. The normalized spacial score (nSPS) is 29.8. The Labute approximate surface area is 153 Å². The highest BCUT2D eigenvalue weighted by Crippen LogP contribution is 2.19. The van der Waals surface area contributed by atoms with Gasteiger partial charge in [0.2, 0.25) is 11.8 Å². The summed E-state index contributed by atoms with van der Waals surface area (Å²) in [5, 5.41) is 15.5. The molecule has 3 aliphatic rings. The first-order valence-electron chi connectivity index (χ1n) is 9.47. The van der Waals surface area contributed by atoms with E-state index in [9.17, 15) is 14.7 Å². The number of morpholine rings is 1. The average Bonchev–Trinajstić information content (AvgIpc) is 2.60. The first-order chi connectivity index (χ1) is 12.6. The van der Waals surface area contributed by atoms with Gasteiger partial charge < -0.3 is 25.2 Å². The minimum atomic E-state index is -0.546. The van der Waals surface area contributed by atoms with Crippen molar-refractivity contribution in [2.75, 3.05) is 39.5 Å². The summed E-state index contributed by atoms with van der Waals surface area (Å²) in [6.45, 7) is 2.86. The Morgan fingerprint density at radius 1 is 1.12 bits per heavy atom. The lowest BCUT2D eigenvalue weighted by Crippen LogP contribution is -2.52. The Bertz CT molecular complexity index is 517. The number of carbonyl (C=O) groups excluding carboxylic acids is 2. The summed E-state index contributed by atoms with van der Waals surface area (Å²) in [7, 11) is 0. The van der Waals surface area contributed by atoms with Gasteiger partial charge in [-0.3, -0.25) is 14.5 Å². The second-order valence-corrected chi connectivity index (χ2v) is 7.16. The second kappa shape index (κ2) is 9.45. The van der Waals surface area contributed by atoms with Crippen LogP contribution in [0.2, 0.25) is 0 Å². The molecule has 0 radical (unpaired) electrons. The number of hydrogen-bond acceptors (Lipinski definition) is 6. The molecule has 0 spiro atoms. The van der Waals surface area contributed by atoms with Crippen molar-refractivity contribution in [3.8, 4) is 0 Å². The van der Waals surface area contributed by atoms with Gasteiger partial charge in [-0.25, -0.2) is 0 Å². The summed E-state index contributed by atoms with van der Waals surface area (Å²) < 4.78 is 11.1. The molecule has 2 fully saturated rings. The topological polar surface area (TPSA) is 100 Å². The van der Waals surface area contributed by atoms with Crippen molar-refractivity contribution in [1.82, 2.24) is 15.5 Å². The molecule has 0 bridgehead atoms. The number of carbonyl (C=O) groups is 2. The van der Waals surface area contributed by atoms with Gasteiger partial charge in [0.15, 0.2) is 0 Å². The quantitative estimate of drug-likeness (QED) is 0.509. The van der Waals surface area contributed by atoms with E-state index < -0.39 is 6.10 Å². The van der Waals surface area contributed by atoms with Crippen LogP contribution in [0.25, 0.3) is 0 Å². The molecule has 1 aliphatic carbocycles. The molecule has 2 aliphatic heterocycles. The molecule has 1 saturated heterocycles. The summed E-state index contributed by atoms with van der Waals surface area (Å²) >= 11 is 0. The maximum Gasteiger partial charge on any atom is 0.234 e. The predicted molar refractivity (Wildman–Crippen MR) is 94.5 cm³/mol. The first kappa shape index (κ1) is 19.3. The molecule has 0 aromatic carbocycles. The van der Waals surface area contributed by atoms with Gasteiger partial charge >= 0.3 is 0 Å². The van der Waals surface area contributed by atoms with Crippen LogP contribution in [0.15, 0.2) is 12.2 Å². The molecule has 0 aromatic heterocycles. The van der Waals surface area contributed by atoms with Crippen LogP contribution >= 0.6 is 0 Å². The van der Waals surface area contributed by atoms with Crippen LogP contribution in [-0.4, -0.2) is 85.6 Å². The minimum absolute atomic E-state index is 0.0316. The van der Waals surface area contributed by atoms with E-state index in [1.807, 2.05) is 11.0 Å². The summed E-state index contributed by atoms with van der Waals surface area (Å²) in [4.78, 5) is 26.3. The summed E-state index contributed by atoms with van der Waals surface area (Å²) in [5.74, 6) is -0.138. The standard InChI is InChI=1S/C18H29N3O5/c22-12-16-15(20-18(24)11-21-6-8-25-9-7-21)5-4-14(26-16)10-17(23)19-13-2-1-3-13/h4-5,13-16,22H,1-3,6-12H2,(H,19,23)(H,20,24)/t14-,15+,16+/m0/s1. The molecule has 3 N–H and O–H groups in total. The summed E-state index contributed by atoms with van der Waals surface area (Å²) in [5.41, 5.74) is 0. The molecule has 3 rings (SSSR count). The minimum Gasteiger partial charge on any atom is -0.394 e. The van der Waals surface area contributed by atoms with E-state index in [-0.39, 0.29) is 37.0 Å². The summed E-state index contributed by atoms with van der Waals surface area (Å²) in [6, 6.07) is -0.0876. The SMILES string of the molecule is O=C(C[C@@H]1C=C[C@@H](NC(=O)CN2CCOCC2)[C@@H](CO)O1)NC1CCC1. The molecule has 0 aromatic rings.